The van der Waals surface area contributed by atoms with Crippen molar-refractivity contribution in [3.05, 3.63) is 28.2 Å². The van der Waals surface area contributed by atoms with Crippen molar-refractivity contribution < 1.29 is 14.7 Å². The molecule has 1 aromatic rings. The summed E-state index contributed by atoms with van der Waals surface area (Å²) >= 11 is 3.28. The standard InChI is InChI=1S/C14H17BrN2O3/c1-14(2)6-3-7-17(14)13(20)16-11-8-9(15)4-5-10(11)12(18)19/h4-5,8H,3,6-7H2,1-2H3,(H,16,20)(H,18,19). The normalized spacial score (nSPS) is 17.1. The van der Waals surface area contributed by atoms with Crippen LogP contribution in [-0.2, 0) is 0 Å². The van der Waals surface area contributed by atoms with E-state index < -0.39 is 5.97 Å². The van der Waals surface area contributed by atoms with Gasteiger partial charge < -0.3 is 15.3 Å². The second-order valence-electron chi connectivity index (χ2n) is 5.49. The van der Waals surface area contributed by atoms with Crippen LogP contribution in [0.5, 0.6) is 0 Å². The number of carboxylic acid groups (broad SMARTS) is 1. The zero-order chi connectivity index (χ0) is 14.9. The molecule has 2 rings (SSSR count). The van der Waals surface area contributed by atoms with Crippen LogP contribution in [0.4, 0.5) is 10.5 Å². The second kappa shape index (κ2) is 5.44. The summed E-state index contributed by atoms with van der Waals surface area (Å²) in [5, 5.41) is 11.9. The van der Waals surface area contributed by atoms with Crippen LogP contribution >= 0.6 is 15.9 Å². The van der Waals surface area contributed by atoms with E-state index in [1.165, 1.54) is 6.07 Å². The summed E-state index contributed by atoms with van der Waals surface area (Å²) < 4.78 is 0.721. The summed E-state index contributed by atoms with van der Waals surface area (Å²) in [7, 11) is 0. The van der Waals surface area contributed by atoms with Gasteiger partial charge in [0.2, 0.25) is 0 Å². The van der Waals surface area contributed by atoms with Crippen LogP contribution in [0.1, 0.15) is 37.0 Å². The highest BCUT2D eigenvalue weighted by molar-refractivity contribution is 9.10. The number of halogens is 1. The number of anilines is 1. The maximum absolute atomic E-state index is 12.3. The van der Waals surface area contributed by atoms with Crippen molar-refractivity contribution in [2.45, 2.75) is 32.2 Å². The van der Waals surface area contributed by atoms with E-state index in [0.717, 1.165) is 17.3 Å². The van der Waals surface area contributed by atoms with Crippen molar-refractivity contribution in [1.82, 2.24) is 4.90 Å². The van der Waals surface area contributed by atoms with Crippen molar-refractivity contribution >= 4 is 33.6 Å². The Morgan fingerprint density at radius 1 is 1.40 bits per heavy atom. The van der Waals surface area contributed by atoms with Gasteiger partial charge in [-0.2, -0.15) is 0 Å². The Morgan fingerprint density at radius 3 is 2.65 bits per heavy atom. The van der Waals surface area contributed by atoms with Crippen LogP contribution in [0.2, 0.25) is 0 Å². The third kappa shape index (κ3) is 2.95. The topological polar surface area (TPSA) is 69.6 Å². The van der Waals surface area contributed by atoms with E-state index in [4.69, 9.17) is 5.11 Å². The van der Waals surface area contributed by atoms with Crippen molar-refractivity contribution in [3.63, 3.8) is 0 Å². The quantitative estimate of drug-likeness (QED) is 0.864. The summed E-state index contributed by atoms with van der Waals surface area (Å²) in [6, 6.07) is 4.45. The zero-order valence-electron chi connectivity index (χ0n) is 11.4. The zero-order valence-corrected chi connectivity index (χ0v) is 13.0. The number of aromatic carboxylic acids is 1. The second-order valence-corrected chi connectivity index (χ2v) is 6.41. The van der Waals surface area contributed by atoms with E-state index in [0.29, 0.717) is 12.2 Å². The third-order valence-electron chi connectivity index (χ3n) is 3.60. The van der Waals surface area contributed by atoms with E-state index in [-0.39, 0.29) is 17.1 Å². The Morgan fingerprint density at radius 2 is 2.10 bits per heavy atom. The van der Waals surface area contributed by atoms with Gasteiger partial charge in [-0.05, 0) is 44.9 Å². The Hall–Kier alpha value is -1.56. The molecule has 0 radical (unpaired) electrons. The molecule has 1 aromatic carbocycles. The predicted octanol–water partition coefficient (Wildman–Crippen LogP) is 3.55. The maximum atomic E-state index is 12.3. The van der Waals surface area contributed by atoms with Crippen LogP contribution in [0.3, 0.4) is 0 Å². The van der Waals surface area contributed by atoms with Crippen LogP contribution in [0.25, 0.3) is 0 Å². The van der Waals surface area contributed by atoms with Crippen molar-refractivity contribution in [2.24, 2.45) is 0 Å². The SMILES string of the molecule is CC1(C)CCCN1C(=O)Nc1cc(Br)ccc1C(=O)O. The number of urea groups is 1. The van der Waals surface area contributed by atoms with E-state index in [2.05, 4.69) is 21.2 Å². The monoisotopic (exact) mass is 340 g/mol. The minimum absolute atomic E-state index is 0.0820. The average molecular weight is 341 g/mol. The molecular formula is C14H17BrN2O3. The van der Waals surface area contributed by atoms with Gasteiger partial charge in [-0.25, -0.2) is 9.59 Å². The van der Waals surface area contributed by atoms with Crippen molar-refractivity contribution in [2.75, 3.05) is 11.9 Å². The maximum Gasteiger partial charge on any atom is 0.337 e. The lowest BCUT2D eigenvalue weighted by Crippen LogP contribution is -2.45. The number of carbonyl (C=O) groups is 2. The van der Waals surface area contributed by atoms with Gasteiger partial charge >= 0.3 is 12.0 Å². The molecule has 0 saturated carbocycles. The molecule has 2 N–H and O–H groups in total. The first-order valence-corrected chi connectivity index (χ1v) is 7.22. The molecule has 0 aliphatic carbocycles. The van der Waals surface area contributed by atoms with Gasteiger partial charge in [0.25, 0.3) is 0 Å². The number of rotatable bonds is 2. The molecule has 1 aliphatic rings. The highest BCUT2D eigenvalue weighted by atomic mass is 79.9. The molecular weight excluding hydrogens is 324 g/mol. The smallest absolute Gasteiger partial charge is 0.337 e. The molecule has 20 heavy (non-hydrogen) atoms. The van der Waals surface area contributed by atoms with E-state index in [1.807, 2.05) is 13.8 Å². The molecule has 1 heterocycles. The highest BCUT2D eigenvalue weighted by Crippen LogP contribution is 2.29. The number of nitrogens with zero attached hydrogens (tertiary/aromatic N) is 1. The minimum atomic E-state index is -1.06. The minimum Gasteiger partial charge on any atom is -0.478 e. The first kappa shape index (κ1) is 14.8. The molecule has 2 amide bonds. The summed E-state index contributed by atoms with van der Waals surface area (Å²) in [5.74, 6) is -1.06. The molecule has 1 saturated heterocycles. The molecule has 0 aromatic heterocycles. The summed E-state index contributed by atoms with van der Waals surface area (Å²) in [6.07, 6.45) is 1.91. The van der Waals surface area contributed by atoms with Crippen LogP contribution in [-0.4, -0.2) is 34.1 Å². The molecule has 0 bridgehead atoms. The molecule has 5 nitrogen and oxygen atoms in total. The summed E-state index contributed by atoms with van der Waals surface area (Å²) in [4.78, 5) is 25.3. The average Bonchev–Trinajstić information content (AvgIpc) is 2.68. The Labute approximate surface area is 126 Å². The van der Waals surface area contributed by atoms with Gasteiger partial charge in [0.15, 0.2) is 0 Å². The third-order valence-corrected chi connectivity index (χ3v) is 4.09. The molecule has 0 spiro atoms. The fourth-order valence-corrected chi connectivity index (χ4v) is 2.83. The van der Waals surface area contributed by atoms with Gasteiger partial charge in [-0.3, -0.25) is 0 Å². The summed E-state index contributed by atoms with van der Waals surface area (Å²) in [6.45, 7) is 4.71. The largest absolute Gasteiger partial charge is 0.478 e. The lowest BCUT2D eigenvalue weighted by atomic mass is 10.0. The lowest BCUT2D eigenvalue weighted by Gasteiger charge is -2.31. The number of hydrogen-bond acceptors (Lipinski definition) is 2. The van der Waals surface area contributed by atoms with Crippen LogP contribution in [0.15, 0.2) is 22.7 Å². The molecule has 1 fully saturated rings. The molecule has 6 heteroatoms. The van der Waals surface area contributed by atoms with Crippen molar-refractivity contribution in [3.8, 4) is 0 Å². The van der Waals surface area contributed by atoms with Gasteiger partial charge in [-0.1, -0.05) is 15.9 Å². The fourth-order valence-electron chi connectivity index (χ4n) is 2.47. The van der Waals surface area contributed by atoms with E-state index in [9.17, 15) is 9.59 Å². The van der Waals surface area contributed by atoms with Crippen LogP contribution in [0, 0.1) is 0 Å². The number of benzene rings is 1. The molecule has 0 atom stereocenters. The summed E-state index contributed by atoms with van der Waals surface area (Å²) in [5.41, 5.74) is 0.192. The number of amides is 2. The number of hydrogen-bond donors (Lipinski definition) is 2. The number of likely N-dealkylation sites (tertiary alicyclic amines) is 1. The molecule has 108 valence electrons. The van der Waals surface area contributed by atoms with E-state index >= 15 is 0 Å². The molecule has 1 aliphatic heterocycles. The number of carbonyl (C=O) groups excluding carboxylic acids is 1. The van der Waals surface area contributed by atoms with Gasteiger partial charge in [0, 0.05) is 16.6 Å². The first-order valence-electron chi connectivity index (χ1n) is 6.43. The van der Waals surface area contributed by atoms with Crippen LogP contribution < -0.4 is 5.32 Å². The van der Waals surface area contributed by atoms with Crippen molar-refractivity contribution in [1.29, 1.82) is 0 Å². The lowest BCUT2D eigenvalue weighted by molar-refractivity contribution is 0.0698. The Bertz CT molecular complexity index is 557. The number of nitrogens with one attached hydrogen (secondary N) is 1. The van der Waals surface area contributed by atoms with Gasteiger partial charge in [0.05, 0.1) is 11.3 Å². The predicted molar refractivity (Wildman–Crippen MR) is 80.1 cm³/mol. The van der Waals surface area contributed by atoms with Gasteiger partial charge in [0.1, 0.15) is 0 Å². The Balaban J connectivity index is 2.24. The van der Waals surface area contributed by atoms with E-state index in [1.54, 1.807) is 17.0 Å². The van der Waals surface area contributed by atoms with Gasteiger partial charge in [-0.15, -0.1) is 0 Å². The highest BCUT2D eigenvalue weighted by Gasteiger charge is 2.35. The molecule has 0 unspecified atom stereocenters. The Kier molecular flexibility index (Phi) is 4.04. The first-order chi connectivity index (χ1) is 9.31. The number of carboxylic acids is 1. The fraction of sp³-hybridized carbons (Fsp3) is 0.429.